The van der Waals surface area contributed by atoms with E-state index in [1.807, 2.05) is 42.9 Å². The highest BCUT2D eigenvalue weighted by molar-refractivity contribution is 5.85. The molecule has 1 saturated heterocycles. The Hall–Kier alpha value is -2.67. The monoisotopic (exact) mass is 426 g/mol. The molecule has 1 aliphatic heterocycles. The summed E-state index contributed by atoms with van der Waals surface area (Å²) in [5.74, 6) is 1.49. The summed E-state index contributed by atoms with van der Waals surface area (Å²) in [6.45, 7) is 4.19. The summed E-state index contributed by atoms with van der Waals surface area (Å²) in [5, 5.41) is 3.50. The van der Waals surface area contributed by atoms with Gasteiger partial charge in [0.05, 0.1) is 7.11 Å². The second-order valence-electron chi connectivity index (χ2n) is 7.11. The lowest BCUT2D eigenvalue weighted by Gasteiger charge is -2.36. The molecule has 1 aromatic carbocycles. The largest absolute Gasteiger partial charge is 0.493 e. The number of benzene rings is 1. The van der Waals surface area contributed by atoms with Gasteiger partial charge in [0.1, 0.15) is 6.61 Å². The zero-order valence-electron chi connectivity index (χ0n) is 17.0. The summed E-state index contributed by atoms with van der Waals surface area (Å²) in [5.41, 5.74) is 3.46. The van der Waals surface area contributed by atoms with Crippen LogP contribution in [0, 0.1) is 0 Å². The molecule has 3 aromatic rings. The third kappa shape index (κ3) is 5.48. The number of methoxy groups -OCH3 is 1. The van der Waals surface area contributed by atoms with E-state index in [4.69, 9.17) is 9.47 Å². The zero-order valence-corrected chi connectivity index (χ0v) is 17.8. The Morgan fingerprint density at radius 1 is 1.03 bits per heavy atom. The fourth-order valence-corrected chi connectivity index (χ4v) is 3.65. The van der Waals surface area contributed by atoms with E-state index in [2.05, 4.69) is 38.4 Å². The van der Waals surface area contributed by atoms with Crippen LogP contribution in [0.15, 0.2) is 67.3 Å². The van der Waals surface area contributed by atoms with Gasteiger partial charge in [0.15, 0.2) is 11.5 Å². The van der Waals surface area contributed by atoms with Gasteiger partial charge < -0.3 is 14.8 Å². The molecule has 0 amide bonds. The van der Waals surface area contributed by atoms with Crippen molar-refractivity contribution in [2.75, 3.05) is 26.7 Å². The maximum Gasteiger partial charge on any atom is 0.161 e. The van der Waals surface area contributed by atoms with Crippen molar-refractivity contribution in [3.63, 3.8) is 0 Å². The van der Waals surface area contributed by atoms with Crippen LogP contribution in [-0.2, 0) is 13.2 Å². The average Bonchev–Trinajstić information content (AvgIpc) is 2.79. The quantitative estimate of drug-likeness (QED) is 0.622. The van der Waals surface area contributed by atoms with Crippen molar-refractivity contribution in [1.29, 1.82) is 0 Å². The number of hydrogen-bond donors (Lipinski definition) is 1. The lowest BCUT2D eigenvalue weighted by molar-refractivity contribution is 0.153. The SMILES string of the molecule is COc1ccc(CN2CCNCC2c2cccnc2)cc1OCc1cccnc1.Cl. The fourth-order valence-electron chi connectivity index (χ4n) is 3.65. The Bertz CT molecular complexity index is 912. The van der Waals surface area contributed by atoms with Gasteiger partial charge in [-0.05, 0) is 35.4 Å². The Labute approximate surface area is 183 Å². The van der Waals surface area contributed by atoms with Crippen molar-refractivity contribution in [1.82, 2.24) is 20.2 Å². The van der Waals surface area contributed by atoms with E-state index >= 15 is 0 Å². The van der Waals surface area contributed by atoms with Crippen molar-refractivity contribution in [3.8, 4) is 11.5 Å². The van der Waals surface area contributed by atoms with E-state index in [1.165, 1.54) is 11.1 Å². The number of nitrogens with zero attached hydrogens (tertiary/aromatic N) is 3. The predicted octanol–water partition coefficient (Wildman–Crippen LogP) is 3.63. The molecule has 3 heterocycles. The molecule has 0 aliphatic carbocycles. The molecule has 0 bridgehead atoms. The predicted molar refractivity (Wildman–Crippen MR) is 119 cm³/mol. The van der Waals surface area contributed by atoms with E-state index in [9.17, 15) is 0 Å². The number of pyridine rings is 2. The molecular formula is C23H27ClN4O2. The van der Waals surface area contributed by atoms with Crippen LogP contribution >= 0.6 is 12.4 Å². The molecule has 0 radical (unpaired) electrons. The highest BCUT2D eigenvalue weighted by Gasteiger charge is 2.24. The number of halogens is 1. The standard InChI is InChI=1S/C23H26N4O2.ClH/c1-28-22-7-6-18(12-23(22)29-17-19-4-2-8-24-13-19)16-27-11-10-26-15-21(27)20-5-3-9-25-14-20;/h2-9,12-14,21,26H,10-11,15-17H2,1H3;1H. The van der Waals surface area contributed by atoms with Gasteiger partial charge in [0.2, 0.25) is 0 Å². The number of ether oxygens (including phenoxy) is 2. The molecule has 1 atom stereocenters. The van der Waals surface area contributed by atoms with Gasteiger partial charge in [-0.25, -0.2) is 0 Å². The molecule has 4 rings (SSSR count). The van der Waals surface area contributed by atoms with Crippen LogP contribution in [-0.4, -0.2) is 41.6 Å². The summed E-state index contributed by atoms with van der Waals surface area (Å²) < 4.78 is 11.5. The Balaban J connectivity index is 0.00000256. The molecular weight excluding hydrogens is 400 g/mol. The van der Waals surface area contributed by atoms with Gasteiger partial charge in [-0.2, -0.15) is 0 Å². The molecule has 1 N–H and O–H groups in total. The van der Waals surface area contributed by atoms with Gasteiger partial charge in [-0.1, -0.05) is 18.2 Å². The number of hydrogen-bond acceptors (Lipinski definition) is 6. The fraction of sp³-hybridized carbons (Fsp3) is 0.304. The van der Waals surface area contributed by atoms with Crippen molar-refractivity contribution < 1.29 is 9.47 Å². The van der Waals surface area contributed by atoms with Gasteiger partial charge in [0, 0.05) is 62.6 Å². The van der Waals surface area contributed by atoms with E-state index in [0.717, 1.165) is 43.2 Å². The smallest absolute Gasteiger partial charge is 0.161 e. The third-order valence-electron chi connectivity index (χ3n) is 5.15. The van der Waals surface area contributed by atoms with Crippen molar-refractivity contribution in [2.45, 2.75) is 19.2 Å². The number of rotatable bonds is 7. The summed E-state index contributed by atoms with van der Waals surface area (Å²) in [6.07, 6.45) is 7.35. The van der Waals surface area contributed by atoms with Crippen LogP contribution in [0.1, 0.15) is 22.7 Å². The van der Waals surface area contributed by atoms with Gasteiger partial charge in [-0.3, -0.25) is 14.9 Å². The molecule has 2 aromatic heterocycles. The van der Waals surface area contributed by atoms with Crippen LogP contribution in [0.4, 0.5) is 0 Å². The first-order valence-corrected chi connectivity index (χ1v) is 9.87. The Morgan fingerprint density at radius 3 is 2.60 bits per heavy atom. The number of nitrogens with one attached hydrogen (secondary N) is 1. The van der Waals surface area contributed by atoms with Gasteiger partial charge in [-0.15, -0.1) is 12.4 Å². The van der Waals surface area contributed by atoms with Crippen LogP contribution in [0.25, 0.3) is 0 Å². The summed E-state index contributed by atoms with van der Waals surface area (Å²) >= 11 is 0. The maximum atomic E-state index is 6.05. The topological polar surface area (TPSA) is 59.5 Å². The minimum absolute atomic E-state index is 0. The van der Waals surface area contributed by atoms with Crippen LogP contribution < -0.4 is 14.8 Å². The second kappa shape index (κ2) is 10.9. The third-order valence-corrected chi connectivity index (χ3v) is 5.15. The zero-order chi connectivity index (χ0) is 19.9. The minimum atomic E-state index is 0. The lowest BCUT2D eigenvalue weighted by Crippen LogP contribution is -2.45. The summed E-state index contributed by atoms with van der Waals surface area (Å²) in [6, 6.07) is 14.5. The molecule has 7 heteroatoms. The van der Waals surface area contributed by atoms with Crippen LogP contribution in [0.5, 0.6) is 11.5 Å². The van der Waals surface area contributed by atoms with E-state index < -0.39 is 0 Å². The van der Waals surface area contributed by atoms with Gasteiger partial charge >= 0.3 is 0 Å². The molecule has 158 valence electrons. The van der Waals surface area contributed by atoms with Crippen LogP contribution in [0.3, 0.4) is 0 Å². The van der Waals surface area contributed by atoms with E-state index in [0.29, 0.717) is 12.6 Å². The molecule has 1 aliphatic rings. The summed E-state index contributed by atoms with van der Waals surface area (Å²) in [4.78, 5) is 10.9. The first-order chi connectivity index (χ1) is 14.3. The maximum absolute atomic E-state index is 6.05. The Kier molecular flexibility index (Phi) is 8.02. The minimum Gasteiger partial charge on any atom is -0.493 e. The number of piperazine rings is 1. The molecule has 1 unspecified atom stereocenters. The molecule has 6 nitrogen and oxygen atoms in total. The van der Waals surface area contributed by atoms with E-state index in [1.54, 1.807) is 13.3 Å². The average molecular weight is 427 g/mol. The van der Waals surface area contributed by atoms with E-state index in [-0.39, 0.29) is 12.4 Å². The lowest BCUT2D eigenvalue weighted by atomic mass is 10.0. The Morgan fingerprint density at radius 2 is 1.87 bits per heavy atom. The molecule has 1 fully saturated rings. The molecule has 30 heavy (non-hydrogen) atoms. The highest BCUT2D eigenvalue weighted by atomic mass is 35.5. The summed E-state index contributed by atoms with van der Waals surface area (Å²) in [7, 11) is 1.67. The van der Waals surface area contributed by atoms with Crippen molar-refractivity contribution in [3.05, 3.63) is 83.9 Å². The highest BCUT2D eigenvalue weighted by Crippen LogP contribution is 2.31. The normalized spacial score (nSPS) is 16.5. The molecule has 0 spiro atoms. The first kappa shape index (κ1) is 22.0. The van der Waals surface area contributed by atoms with Crippen LogP contribution in [0.2, 0.25) is 0 Å². The number of aromatic nitrogens is 2. The first-order valence-electron chi connectivity index (χ1n) is 9.87. The molecule has 0 saturated carbocycles. The van der Waals surface area contributed by atoms with Gasteiger partial charge in [0.25, 0.3) is 0 Å². The second-order valence-corrected chi connectivity index (χ2v) is 7.11. The van der Waals surface area contributed by atoms with Crippen molar-refractivity contribution >= 4 is 12.4 Å². The van der Waals surface area contributed by atoms with Crippen molar-refractivity contribution in [2.24, 2.45) is 0 Å².